The maximum absolute atomic E-state index is 10.5. The van der Waals surface area contributed by atoms with E-state index in [9.17, 15) is 5.11 Å². The SMILES string of the molecule is CC(O)(c1ccccc1)c1sccc1Br. The van der Waals surface area contributed by atoms with Crippen molar-refractivity contribution in [3.8, 4) is 0 Å². The van der Waals surface area contributed by atoms with Gasteiger partial charge in [0, 0.05) is 4.47 Å². The third-order valence-corrected chi connectivity index (χ3v) is 4.44. The van der Waals surface area contributed by atoms with E-state index in [1.165, 1.54) is 0 Å². The molecule has 0 spiro atoms. The number of benzene rings is 1. The summed E-state index contributed by atoms with van der Waals surface area (Å²) in [6, 6.07) is 11.6. The van der Waals surface area contributed by atoms with E-state index in [2.05, 4.69) is 15.9 Å². The van der Waals surface area contributed by atoms with Gasteiger partial charge in [-0.25, -0.2) is 0 Å². The molecule has 78 valence electrons. The lowest BCUT2D eigenvalue weighted by Crippen LogP contribution is -2.21. The first-order valence-electron chi connectivity index (χ1n) is 4.64. The minimum atomic E-state index is -0.922. The van der Waals surface area contributed by atoms with Crippen LogP contribution in [-0.2, 0) is 5.60 Å². The van der Waals surface area contributed by atoms with Crippen LogP contribution in [0.1, 0.15) is 17.4 Å². The quantitative estimate of drug-likeness (QED) is 0.889. The maximum atomic E-state index is 10.5. The fourth-order valence-electron chi connectivity index (χ4n) is 1.53. The van der Waals surface area contributed by atoms with Crippen molar-refractivity contribution in [1.29, 1.82) is 0 Å². The van der Waals surface area contributed by atoms with Crippen molar-refractivity contribution < 1.29 is 5.11 Å². The second kappa shape index (κ2) is 4.08. The predicted octanol–water partition coefficient (Wildman–Crippen LogP) is 3.77. The van der Waals surface area contributed by atoms with Gasteiger partial charge in [0.15, 0.2) is 0 Å². The molecule has 2 aromatic rings. The third kappa shape index (κ3) is 2.00. The molecule has 1 heterocycles. The molecule has 0 fully saturated rings. The number of aliphatic hydroxyl groups is 1. The van der Waals surface area contributed by atoms with Gasteiger partial charge < -0.3 is 5.11 Å². The van der Waals surface area contributed by atoms with Gasteiger partial charge in [0.2, 0.25) is 0 Å². The van der Waals surface area contributed by atoms with Gasteiger partial charge in [-0.2, -0.15) is 0 Å². The molecule has 0 amide bonds. The lowest BCUT2D eigenvalue weighted by molar-refractivity contribution is 0.105. The summed E-state index contributed by atoms with van der Waals surface area (Å²) in [6.45, 7) is 1.82. The van der Waals surface area contributed by atoms with E-state index in [4.69, 9.17) is 0 Å². The van der Waals surface area contributed by atoms with Crippen molar-refractivity contribution in [2.75, 3.05) is 0 Å². The first-order chi connectivity index (χ1) is 7.12. The summed E-state index contributed by atoms with van der Waals surface area (Å²) in [4.78, 5) is 0.939. The standard InChI is InChI=1S/C12H11BrOS/c1-12(14,9-5-3-2-4-6-9)11-10(13)7-8-15-11/h2-8,14H,1H3. The minimum Gasteiger partial charge on any atom is -0.380 e. The van der Waals surface area contributed by atoms with Crippen LogP contribution >= 0.6 is 27.3 Å². The average Bonchev–Trinajstić information content (AvgIpc) is 2.66. The Labute approximate surface area is 102 Å². The van der Waals surface area contributed by atoms with Gasteiger partial charge in [-0.3, -0.25) is 0 Å². The zero-order valence-electron chi connectivity index (χ0n) is 8.27. The molecular weight excluding hydrogens is 272 g/mol. The van der Waals surface area contributed by atoms with Crippen LogP contribution < -0.4 is 0 Å². The molecule has 1 unspecified atom stereocenters. The predicted molar refractivity (Wildman–Crippen MR) is 67.1 cm³/mol. The molecule has 0 saturated heterocycles. The molecule has 15 heavy (non-hydrogen) atoms. The molecule has 0 aliphatic carbocycles. The number of thiophene rings is 1. The van der Waals surface area contributed by atoms with Crippen LogP contribution in [0.4, 0.5) is 0 Å². The summed E-state index contributed by atoms with van der Waals surface area (Å²) in [7, 11) is 0. The first-order valence-corrected chi connectivity index (χ1v) is 6.31. The Kier molecular flexibility index (Phi) is 2.96. The molecule has 0 aliphatic heterocycles. The topological polar surface area (TPSA) is 20.2 Å². The molecular formula is C12H11BrOS. The lowest BCUT2D eigenvalue weighted by atomic mass is 9.94. The summed E-state index contributed by atoms with van der Waals surface area (Å²) >= 11 is 5.00. The Morgan fingerprint density at radius 1 is 1.20 bits per heavy atom. The van der Waals surface area contributed by atoms with Crippen molar-refractivity contribution in [2.24, 2.45) is 0 Å². The molecule has 0 saturated carbocycles. The van der Waals surface area contributed by atoms with E-state index in [-0.39, 0.29) is 0 Å². The number of halogens is 1. The van der Waals surface area contributed by atoms with Crippen molar-refractivity contribution in [3.05, 3.63) is 56.7 Å². The molecule has 1 aromatic carbocycles. The normalized spacial score (nSPS) is 14.9. The Morgan fingerprint density at radius 3 is 2.40 bits per heavy atom. The maximum Gasteiger partial charge on any atom is 0.122 e. The highest BCUT2D eigenvalue weighted by molar-refractivity contribution is 9.10. The van der Waals surface area contributed by atoms with Crippen molar-refractivity contribution >= 4 is 27.3 Å². The monoisotopic (exact) mass is 282 g/mol. The van der Waals surface area contributed by atoms with E-state index in [1.54, 1.807) is 11.3 Å². The van der Waals surface area contributed by atoms with Crippen molar-refractivity contribution in [2.45, 2.75) is 12.5 Å². The van der Waals surface area contributed by atoms with Crippen molar-refractivity contribution in [3.63, 3.8) is 0 Å². The number of hydrogen-bond donors (Lipinski definition) is 1. The minimum absolute atomic E-state index is 0.910. The average molecular weight is 283 g/mol. The van der Waals surface area contributed by atoms with E-state index in [0.717, 1.165) is 14.9 Å². The molecule has 0 radical (unpaired) electrons. The van der Waals surface area contributed by atoms with Gasteiger partial charge in [-0.1, -0.05) is 30.3 Å². The van der Waals surface area contributed by atoms with Gasteiger partial charge in [0.25, 0.3) is 0 Å². The number of rotatable bonds is 2. The summed E-state index contributed by atoms with van der Waals surface area (Å²) in [5.74, 6) is 0. The summed E-state index contributed by atoms with van der Waals surface area (Å²) in [5, 5.41) is 12.5. The molecule has 1 nitrogen and oxygen atoms in total. The van der Waals surface area contributed by atoms with Gasteiger partial charge in [-0.05, 0) is 39.9 Å². The molecule has 3 heteroatoms. The van der Waals surface area contributed by atoms with Crippen LogP contribution in [0.5, 0.6) is 0 Å². The Morgan fingerprint density at radius 2 is 1.87 bits per heavy atom. The lowest BCUT2D eigenvalue weighted by Gasteiger charge is -2.23. The third-order valence-electron chi connectivity index (χ3n) is 2.40. The molecule has 1 aromatic heterocycles. The molecule has 0 bridgehead atoms. The summed E-state index contributed by atoms with van der Waals surface area (Å²) in [6.07, 6.45) is 0. The smallest absolute Gasteiger partial charge is 0.122 e. The fourth-order valence-corrected chi connectivity index (χ4v) is 3.38. The zero-order valence-corrected chi connectivity index (χ0v) is 10.7. The van der Waals surface area contributed by atoms with E-state index in [0.29, 0.717) is 0 Å². The Balaban J connectivity index is 2.48. The van der Waals surface area contributed by atoms with E-state index in [1.807, 2.05) is 48.7 Å². The van der Waals surface area contributed by atoms with Crippen LogP contribution in [0.2, 0.25) is 0 Å². The molecule has 1 N–H and O–H groups in total. The van der Waals surface area contributed by atoms with Gasteiger partial charge in [0.05, 0.1) is 4.88 Å². The molecule has 2 rings (SSSR count). The van der Waals surface area contributed by atoms with Crippen molar-refractivity contribution in [1.82, 2.24) is 0 Å². The highest BCUT2D eigenvalue weighted by Crippen LogP contribution is 2.37. The fraction of sp³-hybridized carbons (Fsp3) is 0.167. The van der Waals surface area contributed by atoms with Crippen LogP contribution in [0.3, 0.4) is 0 Å². The molecule has 1 atom stereocenters. The first kappa shape index (κ1) is 10.9. The summed E-state index contributed by atoms with van der Waals surface area (Å²) < 4.78 is 0.960. The Bertz CT molecular complexity index is 448. The van der Waals surface area contributed by atoms with Crippen LogP contribution in [0.25, 0.3) is 0 Å². The second-order valence-electron chi connectivity index (χ2n) is 3.54. The van der Waals surface area contributed by atoms with Gasteiger partial charge >= 0.3 is 0 Å². The Hall–Kier alpha value is -0.640. The largest absolute Gasteiger partial charge is 0.380 e. The second-order valence-corrected chi connectivity index (χ2v) is 5.31. The van der Waals surface area contributed by atoms with Crippen LogP contribution in [-0.4, -0.2) is 5.11 Å². The van der Waals surface area contributed by atoms with E-state index >= 15 is 0 Å². The summed E-state index contributed by atoms with van der Waals surface area (Å²) in [5.41, 5.74) is -0.0120. The molecule has 0 aliphatic rings. The highest BCUT2D eigenvalue weighted by Gasteiger charge is 2.28. The van der Waals surface area contributed by atoms with Crippen LogP contribution in [0, 0.1) is 0 Å². The van der Waals surface area contributed by atoms with Gasteiger partial charge in [0.1, 0.15) is 5.60 Å². The number of hydrogen-bond acceptors (Lipinski definition) is 2. The highest BCUT2D eigenvalue weighted by atomic mass is 79.9. The van der Waals surface area contributed by atoms with Crippen LogP contribution in [0.15, 0.2) is 46.3 Å². The van der Waals surface area contributed by atoms with E-state index < -0.39 is 5.60 Å². The zero-order chi connectivity index (χ0) is 10.9. The van der Waals surface area contributed by atoms with Gasteiger partial charge in [-0.15, -0.1) is 11.3 Å².